The Balaban J connectivity index is 1.25. The van der Waals surface area contributed by atoms with E-state index >= 15 is 0 Å². The first-order valence-electron chi connectivity index (χ1n) is 9.76. The third-order valence-corrected chi connectivity index (χ3v) is 6.44. The molecule has 7 heteroatoms. The average Bonchev–Trinajstić information content (AvgIpc) is 3.48. The van der Waals surface area contributed by atoms with Crippen molar-refractivity contribution < 1.29 is 9.32 Å². The lowest BCUT2D eigenvalue weighted by atomic mass is 9.96. The second kappa shape index (κ2) is 7.48. The lowest BCUT2D eigenvalue weighted by Crippen LogP contribution is -2.44. The average molecular weight is 395 g/mol. The van der Waals surface area contributed by atoms with Crippen molar-refractivity contribution in [3.8, 4) is 10.7 Å². The van der Waals surface area contributed by atoms with E-state index in [1.807, 2.05) is 34.5 Å². The predicted molar refractivity (Wildman–Crippen MR) is 108 cm³/mol. The molecule has 0 bridgehead atoms. The molecule has 0 saturated carbocycles. The quantitative estimate of drug-likeness (QED) is 0.677. The van der Waals surface area contributed by atoms with Gasteiger partial charge in [0, 0.05) is 18.8 Å². The molecule has 0 aliphatic carbocycles. The number of likely N-dealkylation sites (tertiary alicyclic amines) is 1. The fourth-order valence-electron chi connectivity index (χ4n) is 4.20. The lowest BCUT2D eigenvalue weighted by Gasteiger charge is -2.33. The van der Waals surface area contributed by atoms with Gasteiger partial charge in [-0.25, -0.2) is 0 Å². The molecule has 0 radical (unpaired) electrons. The third-order valence-electron chi connectivity index (χ3n) is 5.58. The maximum Gasteiger partial charge on any atom is 0.241 e. The van der Waals surface area contributed by atoms with Gasteiger partial charge in [-0.15, -0.1) is 11.3 Å². The maximum atomic E-state index is 13.2. The molecule has 1 unspecified atom stereocenters. The second-order valence-corrected chi connectivity index (χ2v) is 8.38. The smallest absolute Gasteiger partial charge is 0.241 e. The molecular weight excluding hydrogens is 372 g/mol. The second-order valence-electron chi connectivity index (χ2n) is 7.43. The van der Waals surface area contributed by atoms with Crippen molar-refractivity contribution in [1.29, 1.82) is 0 Å². The number of hydrogen-bond donors (Lipinski definition) is 0. The molecule has 1 atom stereocenters. The van der Waals surface area contributed by atoms with Crippen LogP contribution < -0.4 is 4.90 Å². The van der Waals surface area contributed by atoms with Crippen LogP contribution in [0.1, 0.15) is 24.3 Å². The molecule has 28 heavy (non-hydrogen) atoms. The first kappa shape index (κ1) is 17.6. The molecule has 4 heterocycles. The van der Waals surface area contributed by atoms with Gasteiger partial charge in [0.05, 0.1) is 17.3 Å². The highest BCUT2D eigenvalue weighted by molar-refractivity contribution is 7.13. The van der Waals surface area contributed by atoms with Crippen LogP contribution in [-0.2, 0) is 17.8 Å². The van der Waals surface area contributed by atoms with Crippen LogP contribution in [0.4, 0.5) is 5.69 Å². The monoisotopic (exact) mass is 394 g/mol. The van der Waals surface area contributed by atoms with E-state index in [9.17, 15) is 4.79 Å². The summed E-state index contributed by atoms with van der Waals surface area (Å²) in [5.74, 6) is 1.53. The van der Waals surface area contributed by atoms with Crippen LogP contribution in [0.15, 0.2) is 46.3 Å². The minimum Gasteiger partial charge on any atom is -0.338 e. The van der Waals surface area contributed by atoms with Crippen molar-refractivity contribution in [3.05, 3.63) is 53.2 Å². The van der Waals surface area contributed by atoms with Crippen LogP contribution in [0.3, 0.4) is 0 Å². The number of para-hydroxylation sites is 1. The number of nitrogens with zero attached hydrogens (tertiary/aromatic N) is 4. The van der Waals surface area contributed by atoms with Crippen molar-refractivity contribution in [1.82, 2.24) is 15.0 Å². The van der Waals surface area contributed by atoms with Crippen molar-refractivity contribution >= 4 is 22.9 Å². The number of anilines is 1. The molecule has 1 aromatic carbocycles. The van der Waals surface area contributed by atoms with Gasteiger partial charge in [-0.2, -0.15) is 4.98 Å². The van der Waals surface area contributed by atoms with Crippen molar-refractivity contribution in [2.75, 3.05) is 24.5 Å². The zero-order valence-corrected chi connectivity index (χ0v) is 16.4. The van der Waals surface area contributed by atoms with Crippen LogP contribution in [-0.4, -0.2) is 40.6 Å². The normalized spacial score (nSPS) is 19.7. The van der Waals surface area contributed by atoms with Crippen LogP contribution >= 0.6 is 11.3 Å². The molecule has 5 rings (SSSR count). The Hall–Kier alpha value is -2.51. The molecule has 6 nitrogen and oxygen atoms in total. The summed E-state index contributed by atoms with van der Waals surface area (Å²) in [6, 6.07) is 12.2. The van der Waals surface area contributed by atoms with Crippen LogP contribution in [0.2, 0.25) is 0 Å². The molecule has 144 valence electrons. The van der Waals surface area contributed by atoms with Crippen molar-refractivity contribution in [2.24, 2.45) is 5.92 Å². The Morgan fingerprint density at radius 1 is 1.21 bits per heavy atom. The molecule has 2 aliphatic heterocycles. The first-order valence-corrected chi connectivity index (χ1v) is 10.6. The zero-order valence-electron chi connectivity index (χ0n) is 15.6. The van der Waals surface area contributed by atoms with Gasteiger partial charge in [0.2, 0.25) is 17.6 Å². The van der Waals surface area contributed by atoms with Gasteiger partial charge in [-0.3, -0.25) is 9.69 Å². The summed E-state index contributed by atoms with van der Waals surface area (Å²) >= 11 is 1.60. The van der Waals surface area contributed by atoms with Gasteiger partial charge in [0.15, 0.2) is 0 Å². The summed E-state index contributed by atoms with van der Waals surface area (Å²) in [4.78, 5) is 22.9. The standard InChI is InChI=1S/C21H22N4O2S/c26-21(25-11-9-15-5-1-2-7-17(15)25)16-6-3-10-24(13-16)14-19-22-20(23-27-19)18-8-4-12-28-18/h1-2,4-5,7-8,12,16H,3,6,9-11,13-14H2. The number of aromatic nitrogens is 2. The Labute approximate surface area is 167 Å². The lowest BCUT2D eigenvalue weighted by molar-refractivity contribution is -0.124. The first-order chi connectivity index (χ1) is 13.8. The van der Waals surface area contributed by atoms with E-state index in [2.05, 4.69) is 27.2 Å². The van der Waals surface area contributed by atoms with Gasteiger partial charge >= 0.3 is 0 Å². The number of thiophene rings is 1. The van der Waals surface area contributed by atoms with E-state index in [0.717, 1.165) is 49.5 Å². The van der Waals surface area contributed by atoms with E-state index in [-0.39, 0.29) is 11.8 Å². The highest BCUT2D eigenvalue weighted by Gasteiger charge is 2.33. The molecule has 2 aliphatic rings. The number of carbonyl (C=O) groups is 1. The highest BCUT2D eigenvalue weighted by Crippen LogP contribution is 2.31. The van der Waals surface area contributed by atoms with Gasteiger partial charge in [-0.05, 0) is 48.9 Å². The fourth-order valence-corrected chi connectivity index (χ4v) is 4.85. The Morgan fingerprint density at radius 3 is 3.04 bits per heavy atom. The Morgan fingerprint density at radius 2 is 2.14 bits per heavy atom. The van der Waals surface area contributed by atoms with Crippen molar-refractivity contribution in [3.63, 3.8) is 0 Å². The van der Waals surface area contributed by atoms with Crippen molar-refractivity contribution in [2.45, 2.75) is 25.8 Å². The SMILES string of the molecule is O=C(C1CCCN(Cc2nc(-c3cccs3)no2)C1)N1CCc2ccccc21. The van der Waals surface area contributed by atoms with Crippen LogP contribution in [0, 0.1) is 5.92 Å². The van der Waals surface area contributed by atoms with Gasteiger partial charge in [-0.1, -0.05) is 29.4 Å². The molecule has 0 spiro atoms. The molecule has 1 amide bonds. The van der Waals surface area contributed by atoms with E-state index < -0.39 is 0 Å². The number of amides is 1. The van der Waals surface area contributed by atoms with E-state index in [1.54, 1.807) is 11.3 Å². The molecule has 3 aromatic rings. The minimum atomic E-state index is 0.0274. The molecule has 1 fully saturated rings. The van der Waals surface area contributed by atoms with Gasteiger partial charge in [0.25, 0.3) is 0 Å². The molecule has 2 aromatic heterocycles. The van der Waals surface area contributed by atoms with Gasteiger partial charge in [0.1, 0.15) is 0 Å². The minimum absolute atomic E-state index is 0.0274. The number of benzene rings is 1. The van der Waals surface area contributed by atoms with Crippen LogP contribution in [0.5, 0.6) is 0 Å². The summed E-state index contributed by atoms with van der Waals surface area (Å²) in [7, 11) is 0. The van der Waals surface area contributed by atoms with Crippen LogP contribution in [0.25, 0.3) is 10.7 Å². The maximum absolute atomic E-state index is 13.2. The van der Waals surface area contributed by atoms with Gasteiger partial charge < -0.3 is 9.42 Å². The summed E-state index contributed by atoms with van der Waals surface area (Å²) in [5, 5.41) is 6.09. The van der Waals surface area contributed by atoms with E-state index in [4.69, 9.17) is 4.52 Å². The molecule has 1 saturated heterocycles. The zero-order chi connectivity index (χ0) is 18.9. The Bertz CT molecular complexity index is 968. The van der Waals surface area contributed by atoms with E-state index in [1.165, 1.54) is 5.56 Å². The highest BCUT2D eigenvalue weighted by atomic mass is 32.1. The number of carbonyl (C=O) groups excluding carboxylic acids is 1. The molecular formula is C21H22N4O2S. The number of fused-ring (bicyclic) bond motifs is 1. The topological polar surface area (TPSA) is 62.5 Å². The predicted octanol–water partition coefficient (Wildman–Crippen LogP) is 3.60. The molecule has 0 N–H and O–H groups in total. The number of rotatable bonds is 4. The third kappa shape index (κ3) is 3.36. The fraction of sp³-hybridized carbons (Fsp3) is 0.381. The summed E-state index contributed by atoms with van der Waals surface area (Å²) in [5.41, 5.74) is 2.36. The number of piperidine rings is 1. The largest absolute Gasteiger partial charge is 0.338 e. The summed E-state index contributed by atoms with van der Waals surface area (Å²) in [6.07, 6.45) is 2.90. The van der Waals surface area contributed by atoms with E-state index in [0.29, 0.717) is 18.3 Å². The Kier molecular flexibility index (Phi) is 4.70. The number of hydrogen-bond acceptors (Lipinski definition) is 6. The summed E-state index contributed by atoms with van der Waals surface area (Å²) in [6.45, 7) is 3.09. The summed E-state index contributed by atoms with van der Waals surface area (Å²) < 4.78 is 5.44.